The molecule has 0 aliphatic carbocycles. The number of hydrogen-bond donors (Lipinski definition) is 2. The largest absolute Gasteiger partial charge is 0.382 e. The molecule has 0 radical (unpaired) electrons. The van der Waals surface area contributed by atoms with Gasteiger partial charge in [-0.15, -0.1) is 0 Å². The Morgan fingerprint density at radius 2 is 1.64 bits per heavy atom. The number of benzene rings is 2. The molecule has 33 heavy (non-hydrogen) atoms. The van der Waals surface area contributed by atoms with E-state index in [0.717, 1.165) is 22.3 Å². The van der Waals surface area contributed by atoms with Crippen LogP contribution < -0.4 is 5.32 Å². The summed E-state index contributed by atoms with van der Waals surface area (Å²) < 4.78 is 0. The van der Waals surface area contributed by atoms with Crippen molar-refractivity contribution in [3.8, 4) is 11.1 Å². The van der Waals surface area contributed by atoms with Gasteiger partial charge >= 0.3 is 0 Å². The van der Waals surface area contributed by atoms with E-state index in [0.29, 0.717) is 22.6 Å². The first-order valence-corrected chi connectivity index (χ1v) is 10.8. The van der Waals surface area contributed by atoms with E-state index < -0.39 is 6.10 Å². The first-order valence-electron chi connectivity index (χ1n) is 10.8. The number of carbonyl (C=O) groups excluding carboxylic acids is 1. The molecular formula is C27H26N4O2. The van der Waals surface area contributed by atoms with E-state index in [-0.39, 0.29) is 11.9 Å². The maximum Gasteiger partial charge on any atom is 0.252 e. The molecule has 0 saturated carbocycles. The Morgan fingerprint density at radius 1 is 0.909 bits per heavy atom. The quantitative estimate of drug-likeness (QED) is 0.454. The minimum absolute atomic E-state index is 0.290. The van der Waals surface area contributed by atoms with Gasteiger partial charge in [-0.05, 0) is 50.1 Å². The molecule has 2 aromatic carbocycles. The van der Waals surface area contributed by atoms with Crippen LogP contribution >= 0.6 is 0 Å². The highest BCUT2D eigenvalue weighted by atomic mass is 16.3. The summed E-state index contributed by atoms with van der Waals surface area (Å²) in [5.41, 5.74) is 5.03. The summed E-state index contributed by atoms with van der Waals surface area (Å²) in [5, 5.41) is 14.4. The standard InChI is InChI=1S/C27H26N4O2/c1-17-10-12-20(13-11-17)22-7-6-8-23(25(22)26(32)24-9-4-5-14-28-24)27(33)31-18(2)21-15-29-19(3)30-16-21/h4-16,18,26,32H,1-3H3,(H,31,33)/t18-,26?/m1/s1. The zero-order valence-corrected chi connectivity index (χ0v) is 18.9. The molecule has 0 fully saturated rings. The molecule has 2 N–H and O–H groups in total. The molecule has 6 nitrogen and oxygen atoms in total. The topological polar surface area (TPSA) is 88.0 Å². The van der Waals surface area contributed by atoms with Crippen molar-refractivity contribution < 1.29 is 9.90 Å². The molecule has 2 aromatic heterocycles. The molecule has 1 amide bonds. The first kappa shape index (κ1) is 22.3. The van der Waals surface area contributed by atoms with Gasteiger partial charge in [0.2, 0.25) is 0 Å². The highest BCUT2D eigenvalue weighted by Crippen LogP contribution is 2.34. The zero-order valence-electron chi connectivity index (χ0n) is 18.9. The molecule has 1 unspecified atom stereocenters. The Morgan fingerprint density at radius 3 is 2.30 bits per heavy atom. The van der Waals surface area contributed by atoms with E-state index in [1.807, 2.05) is 63.2 Å². The lowest BCUT2D eigenvalue weighted by Crippen LogP contribution is -2.28. The summed E-state index contributed by atoms with van der Waals surface area (Å²) in [6, 6.07) is 18.6. The van der Waals surface area contributed by atoms with Crippen molar-refractivity contribution in [3.05, 3.63) is 113 Å². The van der Waals surface area contributed by atoms with Gasteiger partial charge in [-0.3, -0.25) is 9.78 Å². The third-order valence-electron chi connectivity index (χ3n) is 5.60. The molecular weight excluding hydrogens is 412 g/mol. The molecule has 4 aromatic rings. The van der Waals surface area contributed by atoms with Crippen molar-refractivity contribution in [2.24, 2.45) is 0 Å². The van der Waals surface area contributed by atoms with Crippen molar-refractivity contribution in [1.82, 2.24) is 20.3 Å². The number of hydrogen-bond acceptors (Lipinski definition) is 5. The number of amides is 1. The summed E-state index contributed by atoms with van der Waals surface area (Å²) in [5.74, 6) is 0.380. The van der Waals surface area contributed by atoms with Crippen LogP contribution in [-0.2, 0) is 0 Å². The highest BCUT2D eigenvalue weighted by Gasteiger charge is 2.25. The second-order valence-electron chi connectivity index (χ2n) is 8.05. The maximum absolute atomic E-state index is 13.4. The fourth-order valence-electron chi connectivity index (χ4n) is 3.71. The van der Waals surface area contributed by atoms with E-state index in [1.54, 1.807) is 36.8 Å². The average molecular weight is 439 g/mol. The lowest BCUT2D eigenvalue weighted by atomic mass is 9.89. The van der Waals surface area contributed by atoms with Crippen molar-refractivity contribution in [2.75, 3.05) is 0 Å². The van der Waals surface area contributed by atoms with Crippen LogP contribution in [0.5, 0.6) is 0 Å². The molecule has 166 valence electrons. The summed E-state index contributed by atoms with van der Waals surface area (Å²) in [4.78, 5) is 26.2. The van der Waals surface area contributed by atoms with Gasteiger partial charge in [0, 0.05) is 35.3 Å². The number of aliphatic hydroxyl groups excluding tert-OH is 1. The van der Waals surface area contributed by atoms with Gasteiger partial charge in [-0.25, -0.2) is 9.97 Å². The van der Waals surface area contributed by atoms with E-state index >= 15 is 0 Å². The predicted octanol–water partition coefficient (Wildman–Crippen LogP) is 4.73. The Balaban J connectivity index is 1.76. The monoisotopic (exact) mass is 438 g/mol. The number of nitrogens with zero attached hydrogens (tertiary/aromatic N) is 3. The average Bonchev–Trinajstić information content (AvgIpc) is 2.84. The van der Waals surface area contributed by atoms with E-state index in [4.69, 9.17) is 0 Å². The molecule has 0 bridgehead atoms. The van der Waals surface area contributed by atoms with Crippen LogP contribution in [0.3, 0.4) is 0 Å². The van der Waals surface area contributed by atoms with Crippen LogP contribution in [0, 0.1) is 13.8 Å². The van der Waals surface area contributed by atoms with Gasteiger partial charge in [0.25, 0.3) is 5.91 Å². The Bertz CT molecular complexity index is 1240. The molecule has 0 aliphatic rings. The van der Waals surface area contributed by atoms with Crippen LogP contribution in [-0.4, -0.2) is 26.0 Å². The summed E-state index contributed by atoms with van der Waals surface area (Å²) in [6.07, 6.45) is 3.98. The van der Waals surface area contributed by atoms with Crippen LogP contribution in [0.1, 0.15) is 57.6 Å². The fourth-order valence-corrected chi connectivity index (χ4v) is 3.71. The molecule has 6 heteroatoms. The number of pyridine rings is 1. The molecule has 0 saturated heterocycles. The summed E-state index contributed by atoms with van der Waals surface area (Å²) in [6.45, 7) is 5.72. The Hall–Kier alpha value is -3.90. The highest BCUT2D eigenvalue weighted by molar-refractivity contribution is 5.98. The van der Waals surface area contributed by atoms with Crippen molar-refractivity contribution in [2.45, 2.75) is 32.9 Å². The smallest absolute Gasteiger partial charge is 0.252 e. The number of aryl methyl sites for hydroxylation is 2. The van der Waals surface area contributed by atoms with Crippen LogP contribution in [0.2, 0.25) is 0 Å². The Kier molecular flexibility index (Phi) is 6.56. The second-order valence-corrected chi connectivity index (χ2v) is 8.05. The zero-order chi connectivity index (χ0) is 23.4. The van der Waals surface area contributed by atoms with Gasteiger partial charge in [0.05, 0.1) is 11.7 Å². The van der Waals surface area contributed by atoms with Gasteiger partial charge < -0.3 is 10.4 Å². The van der Waals surface area contributed by atoms with E-state index in [2.05, 4.69) is 20.3 Å². The predicted molar refractivity (Wildman–Crippen MR) is 128 cm³/mol. The van der Waals surface area contributed by atoms with Crippen LogP contribution in [0.25, 0.3) is 11.1 Å². The second kappa shape index (κ2) is 9.71. The van der Waals surface area contributed by atoms with Crippen molar-refractivity contribution in [3.63, 3.8) is 0 Å². The third-order valence-corrected chi connectivity index (χ3v) is 5.60. The molecule has 0 aliphatic heterocycles. The fraction of sp³-hybridized carbons (Fsp3) is 0.185. The third kappa shape index (κ3) is 4.96. The van der Waals surface area contributed by atoms with Crippen molar-refractivity contribution >= 4 is 5.91 Å². The minimum Gasteiger partial charge on any atom is -0.382 e. The number of aliphatic hydroxyl groups is 1. The number of rotatable bonds is 6. The lowest BCUT2D eigenvalue weighted by Gasteiger charge is -2.21. The van der Waals surface area contributed by atoms with Crippen LogP contribution in [0.4, 0.5) is 0 Å². The number of nitrogens with one attached hydrogen (secondary N) is 1. The normalized spacial score (nSPS) is 12.7. The van der Waals surface area contributed by atoms with Crippen molar-refractivity contribution in [1.29, 1.82) is 0 Å². The maximum atomic E-state index is 13.4. The summed E-state index contributed by atoms with van der Waals surface area (Å²) in [7, 11) is 0. The van der Waals surface area contributed by atoms with E-state index in [9.17, 15) is 9.90 Å². The Labute approximate surface area is 193 Å². The van der Waals surface area contributed by atoms with Gasteiger partial charge in [-0.1, -0.05) is 48.0 Å². The van der Waals surface area contributed by atoms with Gasteiger partial charge in [0.15, 0.2) is 0 Å². The summed E-state index contributed by atoms with van der Waals surface area (Å²) >= 11 is 0. The van der Waals surface area contributed by atoms with Gasteiger partial charge in [-0.2, -0.15) is 0 Å². The molecule has 2 heterocycles. The minimum atomic E-state index is -1.07. The lowest BCUT2D eigenvalue weighted by molar-refractivity contribution is 0.0934. The molecule has 2 atom stereocenters. The number of aromatic nitrogens is 3. The van der Waals surface area contributed by atoms with Crippen LogP contribution in [0.15, 0.2) is 79.3 Å². The van der Waals surface area contributed by atoms with Gasteiger partial charge in [0.1, 0.15) is 11.9 Å². The SMILES string of the molecule is Cc1ccc(-c2cccc(C(=O)N[C@H](C)c3cnc(C)nc3)c2C(O)c2ccccn2)cc1. The first-order chi connectivity index (χ1) is 15.9. The number of carbonyl (C=O) groups is 1. The van der Waals surface area contributed by atoms with E-state index in [1.165, 1.54) is 0 Å². The molecule has 4 rings (SSSR count). The molecule has 0 spiro atoms.